The van der Waals surface area contributed by atoms with E-state index in [1.807, 2.05) is 31.7 Å². The van der Waals surface area contributed by atoms with Gasteiger partial charge in [-0.3, -0.25) is 4.79 Å². The van der Waals surface area contributed by atoms with Crippen LogP contribution in [0.4, 0.5) is 4.39 Å². The average molecular weight is 333 g/mol. The van der Waals surface area contributed by atoms with Crippen LogP contribution in [0.25, 0.3) is 0 Å². The third kappa shape index (κ3) is 5.49. The minimum absolute atomic E-state index is 0. The molecule has 1 heterocycles. The molecule has 21 heavy (non-hydrogen) atoms. The van der Waals surface area contributed by atoms with E-state index in [0.717, 1.165) is 23.6 Å². The van der Waals surface area contributed by atoms with E-state index < -0.39 is 5.54 Å². The molecule has 1 fully saturated rings. The molecule has 0 spiro atoms. The van der Waals surface area contributed by atoms with Gasteiger partial charge in [0.1, 0.15) is 5.82 Å². The van der Waals surface area contributed by atoms with Crippen molar-refractivity contribution < 1.29 is 9.18 Å². The van der Waals surface area contributed by atoms with Crippen LogP contribution in [0.1, 0.15) is 25.8 Å². The van der Waals surface area contributed by atoms with E-state index >= 15 is 0 Å². The molecule has 0 radical (unpaired) electrons. The van der Waals surface area contributed by atoms with Crippen LogP contribution in [0.5, 0.6) is 0 Å². The topological polar surface area (TPSA) is 41.1 Å². The number of nitrogens with one attached hydrogen (secondary N) is 2. The van der Waals surface area contributed by atoms with Crippen molar-refractivity contribution in [1.82, 2.24) is 10.6 Å². The Kier molecular flexibility index (Phi) is 6.97. The number of hydrogen-bond donors (Lipinski definition) is 2. The first-order valence-corrected chi connectivity index (χ1v) is 8.01. The fraction of sp³-hybridized carbons (Fsp3) is 0.533. The van der Waals surface area contributed by atoms with Gasteiger partial charge in [-0.25, -0.2) is 4.39 Å². The molecule has 2 N–H and O–H groups in total. The molecular formula is C15H22ClFN2OS. The van der Waals surface area contributed by atoms with Gasteiger partial charge in [0.25, 0.3) is 0 Å². The zero-order valence-electron chi connectivity index (χ0n) is 12.3. The van der Waals surface area contributed by atoms with E-state index in [1.165, 1.54) is 12.1 Å². The van der Waals surface area contributed by atoms with Gasteiger partial charge in [-0.2, -0.15) is 11.8 Å². The largest absolute Gasteiger partial charge is 0.347 e. The zero-order valence-corrected chi connectivity index (χ0v) is 14.0. The number of hydrogen-bond acceptors (Lipinski definition) is 3. The average Bonchev–Trinajstić information content (AvgIpc) is 2.39. The Morgan fingerprint density at radius 3 is 2.90 bits per heavy atom. The number of benzene rings is 1. The third-order valence-electron chi connectivity index (χ3n) is 3.43. The molecule has 1 aliphatic rings. The van der Waals surface area contributed by atoms with Crippen molar-refractivity contribution in [3.63, 3.8) is 0 Å². The Hall–Kier alpha value is -0.780. The molecule has 1 amide bonds. The number of rotatable bonds is 4. The van der Waals surface area contributed by atoms with Crippen molar-refractivity contribution in [3.8, 4) is 0 Å². The number of amides is 1. The summed E-state index contributed by atoms with van der Waals surface area (Å²) < 4.78 is 13.3. The van der Waals surface area contributed by atoms with Gasteiger partial charge in [0.05, 0.1) is 5.54 Å². The summed E-state index contributed by atoms with van der Waals surface area (Å²) in [6.07, 6.45) is 0.464. The lowest BCUT2D eigenvalue weighted by molar-refractivity contribution is -0.123. The van der Waals surface area contributed by atoms with E-state index in [4.69, 9.17) is 0 Å². The van der Waals surface area contributed by atoms with Crippen molar-refractivity contribution in [2.24, 2.45) is 0 Å². The second-order valence-electron chi connectivity index (χ2n) is 5.61. The summed E-state index contributed by atoms with van der Waals surface area (Å²) in [5, 5.41) is 6.34. The number of carbonyl (C=O) groups excluding carboxylic acids is 1. The Bertz CT molecular complexity index is 478. The maximum absolute atomic E-state index is 13.3. The van der Waals surface area contributed by atoms with E-state index in [1.54, 1.807) is 6.07 Å². The Labute approximate surface area is 135 Å². The molecule has 1 saturated heterocycles. The normalized spacial score (nSPS) is 18.7. The van der Waals surface area contributed by atoms with Gasteiger partial charge in [0.15, 0.2) is 0 Å². The quantitative estimate of drug-likeness (QED) is 0.890. The van der Waals surface area contributed by atoms with Gasteiger partial charge in [-0.1, -0.05) is 12.1 Å². The Morgan fingerprint density at radius 1 is 1.52 bits per heavy atom. The van der Waals surface area contributed by atoms with Crippen molar-refractivity contribution in [1.29, 1.82) is 0 Å². The summed E-state index contributed by atoms with van der Waals surface area (Å²) in [4.78, 5) is 12.1. The van der Waals surface area contributed by atoms with Crippen LogP contribution in [0, 0.1) is 5.82 Å². The molecule has 1 aliphatic heterocycles. The zero-order chi connectivity index (χ0) is 14.6. The first-order valence-electron chi connectivity index (χ1n) is 6.85. The summed E-state index contributed by atoms with van der Waals surface area (Å²) >= 11 is 1.87. The van der Waals surface area contributed by atoms with E-state index in [0.29, 0.717) is 6.42 Å². The first-order chi connectivity index (χ1) is 9.47. The van der Waals surface area contributed by atoms with Crippen LogP contribution in [-0.4, -0.2) is 30.0 Å². The van der Waals surface area contributed by atoms with Gasteiger partial charge < -0.3 is 10.6 Å². The molecular weight excluding hydrogens is 311 g/mol. The third-order valence-corrected chi connectivity index (χ3v) is 4.56. The van der Waals surface area contributed by atoms with Crippen LogP contribution in [-0.2, 0) is 10.3 Å². The van der Waals surface area contributed by atoms with Crippen LogP contribution >= 0.6 is 24.2 Å². The lowest BCUT2D eigenvalue weighted by atomic mass is 9.94. The van der Waals surface area contributed by atoms with Crippen molar-refractivity contribution in [3.05, 3.63) is 35.6 Å². The van der Waals surface area contributed by atoms with Gasteiger partial charge in [-0.05, 0) is 31.5 Å². The molecule has 1 unspecified atom stereocenters. The molecule has 2 rings (SSSR count). The van der Waals surface area contributed by atoms with Crippen LogP contribution < -0.4 is 10.6 Å². The highest BCUT2D eigenvalue weighted by Gasteiger charge is 2.25. The molecule has 0 bridgehead atoms. The highest BCUT2D eigenvalue weighted by Crippen LogP contribution is 2.21. The first kappa shape index (κ1) is 18.3. The monoisotopic (exact) mass is 332 g/mol. The van der Waals surface area contributed by atoms with E-state index in [-0.39, 0.29) is 30.2 Å². The minimum Gasteiger partial charge on any atom is -0.347 e. The number of halogens is 2. The van der Waals surface area contributed by atoms with Crippen LogP contribution in [0.2, 0.25) is 0 Å². The molecule has 1 aromatic carbocycles. The highest BCUT2D eigenvalue weighted by atomic mass is 35.5. The molecule has 6 heteroatoms. The second-order valence-corrected chi connectivity index (χ2v) is 6.76. The smallest absolute Gasteiger partial charge is 0.222 e. The fourth-order valence-corrected chi connectivity index (χ4v) is 3.27. The second kappa shape index (κ2) is 8.01. The molecule has 3 nitrogen and oxygen atoms in total. The van der Waals surface area contributed by atoms with Gasteiger partial charge in [0, 0.05) is 30.5 Å². The lowest BCUT2D eigenvalue weighted by Crippen LogP contribution is -2.46. The SMILES string of the molecule is CC(C)(NC(=O)CC1CSCCN1)c1cccc(F)c1.Cl. The van der Waals surface area contributed by atoms with Crippen LogP contribution in [0.15, 0.2) is 24.3 Å². The summed E-state index contributed by atoms with van der Waals surface area (Å²) in [7, 11) is 0. The maximum atomic E-state index is 13.3. The van der Waals surface area contributed by atoms with E-state index in [2.05, 4.69) is 10.6 Å². The van der Waals surface area contributed by atoms with Gasteiger partial charge >= 0.3 is 0 Å². The Balaban J connectivity index is 0.00000220. The van der Waals surface area contributed by atoms with Crippen molar-refractivity contribution in [2.75, 3.05) is 18.1 Å². The van der Waals surface area contributed by atoms with E-state index in [9.17, 15) is 9.18 Å². The lowest BCUT2D eigenvalue weighted by Gasteiger charge is -2.29. The van der Waals surface area contributed by atoms with Crippen molar-refractivity contribution in [2.45, 2.75) is 31.8 Å². The number of carbonyl (C=O) groups is 1. The predicted octanol–water partition coefficient (Wildman–Crippen LogP) is 2.69. The Morgan fingerprint density at radius 2 is 2.29 bits per heavy atom. The molecule has 118 valence electrons. The summed E-state index contributed by atoms with van der Waals surface area (Å²) in [6.45, 7) is 4.74. The molecule has 0 aliphatic carbocycles. The predicted molar refractivity (Wildman–Crippen MR) is 88.5 cm³/mol. The molecule has 1 aromatic rings. The molecule has 1 atom stereocenters. The summed E-state index contributed by atoms with van der Waals surface area (Å²) in [6, 6.07) is 6.60. The standard InChI is InChI=1S/C15H21FN2OS.ClH/c1-15(2,11-4-3-5-12(16)8-11)18-14(19)9-13-10-20-7-6-17-13;/h3-5,8,13,17H,6-7,9-10H2,1-2H3,(H,18,19);1H. The van der Waals surface area contributed by atoms with Gasteiger partial charge in [-0.15, -0.1) is 12.4 Å². The fourth-order valence-electron chi connectivity index (χ4n) is 2.32. The highest BCUT2D eigenvalue weighted by molar-refractivity contribution is 7.99. The summed E-state index contributed by atoms with van der Waals surface area (Å²) in [5.74, 6) is 1.79. The number of thioether (sulfide) groups is 1. The van der Waals surface area contributed by atoms with Crippen LogP contribution in [0.3, 0.4) is 0 Å². The molecule has 0 aromatic heterocycles. The maximum Gasteiger partial charge on any atom is 0.222 e. The van der Waals surface area contributed by atoms with Crippen molar-refractivity contribution >= 4 is 30.1 Å². The summed E-state index contributed by atoms with van der Waals surface area (Å²) in [5.41, 5.74) is 0.206. The minimum atomic E-state index is -0.568. The van der Waals surface area contributed by atoms with Gasteiger partial charge in [0.2, 0.25) is 5.91 Å². The molecule has 0 saturated carbocycles.